The van der Waals surface area contributed by atoms with Gasteiger partial charge in [0.05, 0.1) is 20.0 Å². The molecule has 22 heavy (non-hydrogen) atoms. The quantitative estimate of drug-likeness (QED) is 0.695. The van der Waals surface area contributed by atoms with E-state index in [4.69, 9.17) is 0 Å². The number of rotatable bonds is 5. The van der Waals surface area contributed by atoms with Crippen molar-refractivity contribution in [2.45, 2.75) is 19.4 Å². The third-order valence-corrected chi connectivity index (χ3v) is 5.09. The van der Waals surface area contributed by atoms with Crippen molar-refractivity contribution in [1.82, 2.24) is 9.97 Å². The normalized spacial score (nSPS) is 12.5. The summed E-state index contributed by atoms with van der Waals surface area (Å²) in [7, 11) is 0. The minimum Gasteiger partial charge on any atom is -0.396 e. The van der Waals surface area contributed by atoms with Crippen molar-refractivity contribution in [3.05, 3.63) is 51.6 Å². The molecule has 0 saturated carbocycles. The van der Waals surface area contributed by atoms with E-state index in [0.29, 0.717) is 6.42 Å². The molecule has 4 nitrogen and oxygen atoms in total. The van der Waals surface area contributed by atoms with Gasteiger partial charge >= 0.3 is 0 Å². The van der Waals surface area contributed by atoms with Gasteiger partial charge in [0.15, 0.2) is 0 Å². The topological polar surface area (TPSA) is 58.0 Å². The van der Waals surface area contributed by atoms with Crippen LogP contribution in [0.4, 0.5) is 5.82 Å². The zero-order valence-corrected chi connectivity index (χ0v) is 14.5. The van der Waals surface area contributed by atoms with Crippen molar-refractivity contribution in [3.63, 3.8) is 0 Å². The van der Waals surface area contributed by atoms with Crippen molar-refractivity contribution in [3.8, 4) is 0 Å². The molecule has 6 heteroatoms. The summed E-state index contributed by atoms with van der Waals surface area (Å²) >= 11 is 5.10. The Balaban J connectivity index is 1.96. The van der Waals surface area contributed by atoms with Crippen LogP contribution in [-0.4, -0.2) is 21.7 Å². The lowest BCUT2D eigenvalue weighted by molar-refractivity contribution is 0.280. The number of nitrogens with zero attached hydrogens (tertiary/aromatic N) is 2. The van der Waals surface area contributed by atoms with Gasteiger partial charge in [-0.05, 0) is 40.9 Å². The number of halogens is 1. The number of nitrogens with one attached hydrogen (secondary N) is 1. The van der Waals surface area contributed by atoms with E-state index in [1.54, 1.807) is 17.7 Å². The van der Waals surface area contributed by atoms with Crippen molar-refractivity contribution in [2.75, 3.05) is 11.9 Å². The average Bonchev–Trinajstić information content (AvgIpc) is 2.88. The van der Waals surface area contributed by atoms with Crippen LogP contribution in [0, 0.1) is 6.92 Å². The standard InChI is InChI=1S/C16H16BrN3OS/c1-10-3-2-4-11(7-10)12(5-6-21)20-16-15-13(18-9-19-16)8-14(17)22-15/h2-4,7-9,12,21H,5-6H2,1H3,(H,18,19,20). The van der Waals surface area contributed by atoms with E-state index in [0.717, 1.165) is 25.4 Å². The highest BCUT2D eigenvalue weighted by molar-refractivity contribution is 9.11. The number of thiophene rings is 1. The van der Waals surface area contributed by atoms with Gasteiger partial charge in [-0.1, -0.05) is 29.8 Å². The first-order valence-corrected chi connectivity index (χ1v) is 8.62. The Morgan fingerprint density at radius 2 is 2.18 bits per heavy atom. The Labute approximate surface area is 141 Å². The van der Waals surface area contributed by atoms with Crippen LogP contribution in [0.25, 0.3) is 10.2 Å². The Hall–Kier alpha value is -1.50. The average molecular weight is 378 g/mol. The first-order chi connectivity index (χ1) is 10.7. The van der Waals surface area contributed by atoms with Crippen molar-refractivity contribution in [2.24, 2.45) is 0 Å². The Bertz CT molecular complexity index is 790. The molecule has 0 spiro atoms. The summed E-state index contributed by atoms with van der Waals surface area (Å²) in [5.41, 5.74) is 3.27. The lowest BCUT2D eigenvalue weighted by Gasteiger charge is -2.19. The number of aryl methyl sites for hydroxylation is 1. The van der Waals surface area contributed by atoms with E-state index in [-0.39, 0.29) is 12.6 Å². The van der Waals surface area contributed by atoms with E-state index in [2.05, 4.69) is 56.3 Å². The summed E-state index contributed by atoms with van der Waals surface area (Å²) in [5.74, 6) is 0.806. The SMILES string of the molecule is Cc1cccc(C(CCO)Nc2ncnc3cc(Br)sc23)c1. The highest BCUT2D eigenvalue weighted by Gasteiger charge is 2.15. The van der Waals surface area contributed by atoms with Crippen LogP contribution in [0.15, 0.2) is 40.4 Å². The molecule has 3 aromatic rings. The van der Waals surface area contributed by atoms with Gasteiger partial charge in [0, 0.05) is 6.61 Å². The fraction of sp³-hybridized carbons (Fsp3) is 0.250. The lowest BCUT2D eigenvalue weighted by atomic mass is 10.0. The molecule has 2 aromatic heterocycles. The van der Waals surface area contributed by atoms with Crippen LogP contribution in [-0.2, 0) is 0 Å². The highest BCUT2D eigenvalue weighted by atomic mass is 79.9. The molecule has 2 heterocycles. The first-order valence-electron chi connectivity index (χ1n) is 7.01. The van der Waals surface area contributed by atoms with Gasteiger partial charge in [0.2, 0.25) is 0 Å². The van der Waals surface area contributed by atoms with Crippen LogP contribution in [0.3, 0.4) is 0 Å². The van der Waals surface area contributed by atoms with Crippen LogP contribution in [0.2, 0.25) is 0 Å². The van der Waals surface area contributed by atoms with Gasteiger partial charge in [-0.25, -0.2) is 9.97 Å². The molecule has 0 saturated heterocycles. The predicted molar refractivity (Wildman–Crippen MR) is 94.4 cm³/mol. The molecular formula is C16H16BrN3OS. The van der Waals surface area contributed by atoms with Gasteiger partial charge in [-0.2, -0.15) is 0 Å². The fourth-order valence-corrected chi connectivity index (χ4v) is 3.92. The molecule has 0 fully saturated rings. The second-order valence-corrected chi connectivity index (χ2v) is 7.54. The van der Waals surface area contributed by atoms with Gasteiger partial charge in [0.25, 0.3) is 0 Å². The maximum Gasteiger partial charge on any atom is 0.147 e. The monoisotopic (exact) mass is 377 g/mol. The van der Waals surface area contributed by atoms with Gasteiger partial charge in [-0.3, -0.25) is 0 Å². The Kier molecular flexibility index (Phi) is 4.71. The van der Waals surface area contributed by atoms with E-state index in [1.165, 1.54) is 5.56 Å². The second-order valence-electron chi connectivity index (χ2n) is 5.11. The molecular weight excluding hydrogens is 362 g/mol. The number of hydrogen-bond donors (Lipinski definition) is 2. The van der Waals surface area contributed by atoms with Crippen LogP contribution in [0.1, 0.15) is 23.6 Å². The number of benzene rings is 1. The summed E-state index contributed by atoms with van der Waals surface area (Å²) in [4.78, 5) is 8.66. The molecule has 1 unspecified atom stereocenters. The predicted octanol–water partition coefficient (Wildman–Crippen LogP) is 4.30. The number of anilines is 1. The second kappa shape index (κ2) is 6.73. The summed E-state index contributed by atoms with van der Waals surface area (Å²) in [6, 6.07) is 10.3. The molecule has 0 aliphatic heterocycles. The number of fused-ring (bicyclic) bond motifs is 1. The molecule has 1 atom stereocenters. The van der Waals surface area contributed by atoms with Gasteiger partial charge < -0.3 is 10.4 Å². The number of aliphatic hydroxyl groups excluding tert-OH is 1. The summed E-state index contributed by atoms with van der Waals surface area (Å²) in [6.45, 7) is 2.19. The highest BCUT2D eigenvalue weighted by Crippen LogP contribution is 2.34. The summed E-state index contributed by atoms with van der Waals surface area (Å²) in [6.07, 6.45) is 2.19. The summed E-state index contributed by atoms with van der Waals surface area (Å²) < 4.78 is 2.05. The maximum atomic E-state index is 9.39. The third kappa shape index (κ3) is 3.29. The van der Waals surface area contributed by atoms with Crippen molar-refractivity contribution >= 4 is 43.3 Å². The molecule has 2 N–H and O–H groups in total. The minimum atomic E-state index is 0.0175. The number of aromatic nitrogens is 2. The molecule has 3 rings (SSSR count). The van der Waals surface area contributed by atoms with E-state index < -0.39 is 0 Å². The molecule has 0 bridgehead atoms. The Morgan fingerprint density at radius 1 is 1.32 bits per heavy atom. The van der Waals surface area contributed by atoms with Crippen molar-refractivity contribution < 1.29 is 5.11 Å². The Morgan fingerprint density at radius 3 is 2.95 bits per heavy atom. The maximum absolute atomic E-state index is 9.39. The van der Waals surface area contributed by atoms with Gasteiger partial charge in [0.1, 0.15) is 12.1 Å². The number of hydrogen-bond acceptors (Lipinski definition) is 5. The molecule has 0 amide bonds. The van der Waals surface area contributed by atoms with E-state index >= 15 is 0 Å². The van der Waals surface area contributed by atoms with Gasteiger partial charge in [-0.15, -0.1) is 11.3 Å². The largest absolute Gasteiger partial charge is 0.396 e. The zero-order valence-electron chi connectivity index (χ0n) is 12.1. The first kappa shape index (κ1) is 15.4. The number of aliphatic hydroxyl groups is 1. The smallest absolute Gasteiger partial charge is 0.147 e. The van der Waals surface area contributed by atoms with E-state index in [9.17, 15) is 5.11 Å². The van der Waals surface area contributed by atoms with Crippen LogP contribution < -0.4 is 5.32 Å². The van der Waals surface area contributed by atoms with E-state index in [1.807, 2.05) is 12.1 Å². The molecule has 1 aromatic carbocycles. The van der Waals surface area contributed by atoms with Crippen LogP contribution in [0.5, 0.6) is 0 Å². The minimum absolute atomic E-state index is 0.0175. The molecule has 0 aliphatic carbocycles. The zero-order chi connectivity index (χ0) is 15.5. The van der Waals surface area contributed by atoms with Crippen LogP contribution >= 0.6 is 27.3 Å². The molecule has 0 radical (unpaired) electrons. The lowest BCUT2D eigenvalue weighted by Crippen LogP contribution is -2.13. The third-order valence-electron chi connectivity index (χ3n) is 3.45. The van der Waals surface area contributed by atoms with Crippen molar-refractivity contribution in [1.29, 1.82) is 0 Å². The molecule has 0 aliphatic rings. The fourth-order valence-electron chi connectivity index (χ4n) is 2.43. The molecule has 114 valence electrons. The summed E-state index contributed by atoms with van der Waals surface area (Å²) in [5, 5.41) is 12.8.